The zero-order valence-electron chi connectivity index (χ0n) is 83.0. The molecule has 22 rings (SSSR count). The van der Waals surface area contributed by atoms with Crippen molar-refractivity contribution in [1.29, 1.82) is 0 Å². The second-order valence-corrected chi connectivity index (χ2v) is 41.2. The SMILES string of the molecule is C#CCOC(=O)N1CCc2c([nH]c3ccc(Cl)cc23)C1c1ccc(OCC2CCCN(C)C2)cc1.CN1CCN(CC(O)COc2ccc(C3c4[nH]c5ccc(Cl)cc5c4CCN3C(=O)Oc3ccc(Cl)cc3)cc2)CC1.COCCOC(=O)N1CCc2c([nH]c3ccc(Cl)cc23)C1c1ccc(OCC2CCCN(C)C2)cc1.O=C(Oc1ccc(F)cc1)N1CCc2c([nH]c3ccc(Cl)cc23)C1c1ccc(OCC2CO2)cc1. The number of hydrogen-bond acceptors (Lipinski definition) is 19. The first-order valence-electron chi connectivity index (χ1n) is 50.4. The Bertz CT molecular complexity index is 7020. The molecule has 8 aliphatic rings. The molecule has 5 N–H and O–H groups in total. The molecule has 8 atom stereocenters. The zero-order chi connectivity index (χ0) is 103. The molecule has 4 amide bonds. The largest absolute Gasteiger partial charge is 0.493 e. The molecule has 0 saturated carbocycles. The monoisotopic (exact) mass is 2100 g/mol. The molecular formula is C115H120Cl5FN12O15. The molecular weight excluding hydrogens is 1990 g/mol. The molecule has 0 radical (unpaired) electrons. The summed E-state index contributed by atoms with van der Waals surface area (Å²) in [5.41, 5.74) is 16.2. The molecule has 33 heteroatoms. The van der Waals surface area contributed by atoms with Gasteiger partial charge in [0.15, 0.2) is 6.61 Å². The molecule has 4 saturated heterocycles. The van der Waals surface area contributed by atoms with E-state index in [0.29, 0.717) is 120 Å². The van der Waals surface area contributed by atoms with E-state index in [1.54, 1.807) is 51.0 Å². The fourth-order valence-corrected chi connectivity index (χ4v) is 22.0. The topological polar surface area (TPSA) is 273 Å². The summed E-state index contributed by atoms with van der Waals surface area (Å²) in [6.45, 7) is 14.4. The minimum absolute atomic E-state index is 0.0552. The van der Waals surface area contributed by atoms with Crippen molar-refractivity contribution in [2.24, 2.45) is 11.8 Å². The van der Waals surface area contributed by atoms with Crippen LogP contribution < -0.4 is 28.4 Å². The van der Waals surface area contributed by atoms with Crippen LogP contribution in [0.3, 0.4) is 0 Å². The van der Waals surface area contributed by atoms with Crippen LogP contribution in [0.5, 0.6) is 34.5 Å². The van der Waals surface area contributed by atoms with Gasteiger partial charge in [-0.2, -0.15) is 0 Å². The lowest BCUT2D eigenvalue weighted by Crippen LogP contribution is -2.47. The number of ether oxygens (including phenoxy) is 10. The van der Waals surface area contributed by atoms with Gasteiger partial charge in [-0.15, -0.1) is 6.42 Å². The predicted molar refractivity (Wildman–Crippen MR) is 573 cm³/mol. The second-order valence-electron chi connectivity index (χ2n) is 39.0. The number of aromatic amines is 4. The normalized spacial score (nSPS) is 19.5. The number of aliphatic hydroxyl groups is 1. The van der Waals surface area contributed by atoms with Gasteiger partial charge in [0.25, 0.3) is 0 Å². The van der Waals surface area contributed by atoms with Gasteiger partial charge in [0.05, 0.1) is 26.4 Å². The van der Waals surface area contributed by atoms with E-state index >= 15 is 0 Å². The van der Waals surface area contributed by atoms with Crippen LogP contribution >= 0.6 is 58.0 Å². The molecule has 12 heterocycles. The fraction of sp³-hybridized carbons (Fsp3) is 0.357. The number of amides is 4. The average Bonchev–Trinajstić information content (AvgIpc) is 1.61. The number of benzene rings is 10. The van der Waals surface area contributed by atoms with E-state index in [0.717, 1.165) is 182 Å². The summed E-state index contributed by atoms with van der Waals surface area (Å²) in [4.78, 5) is 83.3. The lowest BCUT2D eigenvalue weighted by molar-refractivity contribution is 0.0504. The highest BCUT2D eigenvalue weighted by Crippen LogP contribution is 2.47. The van der Waals surface area contributed by atoms with E-state index in [1.807, 2.05) is 158 Å². The van der Waals surface area contributed by atoms with Crippen molar-refractivity contribution in [1.82, 2.24) is 59.1 Å². The van der Waals surface area contributed by atoms with E-state index in [-0.39, 0.29) is 49.9 Å². The van der Waals surface area contributed by atoms with Crippen LogP contribution in [0.2, 0.25) is 25.1 Å². The van der Waals surface area contributed by atoms with Gasteiger partial charge in [-0.1, -0.05) is 112 Å². The maximum absolute atomic E-state index is 13.5. The number of terminal acetylenes is 1. The summed E-state index contributed by atoms with van der Waals surface area (Å²) >= 11 is 31.2. The molecule has 8 aliphatic heterocycles. The van der Waals surface area contributed by atoms with Gasteiger partial charge in [-0.3, -0.25) is 24.5 Å². The molecule has 772 valence electrons. The summed E-state index contributed by atoms with van der Waals surface area (Å²) in [6.07, 6.45) is 10.8. The zero-order valence-corrected chi connectivity index (χ0v) is 86.8. The number of fused-ring (bicyclic) bond motifs is 12. The summed E-state index contributed by atoms with van der Waals surface area (Å²) in [6, 6.07) is 65.5. The standard InChI is InChI=1S/C32H34Cl2N4O4.C28H34ClN3O4.C28H30ClN3O3.C27H22ClFN2O4/c1-36-14-16-37(17-15-36)19-24(39)20-41-25-7-2-21(3-8-25)31-30-27(28-18-23(34)6-11-29(28)35-30)12-13-38(31)32(40)42-26-9-4-22(33)5-10-26;1-31-12-3-4-19(17-31)18-36-22-8-5-20(6-9-22)27-26-23(24-16-21(29)7-10-25(24)30-26)11-13-32(27)28(33)35-15-14-34-2;1-3-15-34-28(33)32-14-12-23-24-16-21(29)8-11-25(24)30-26(23)27(32)20-6-9-22(10-7-20)35-18-19-5-4-13-31(2)17-19;28-17-3-10-24-23(13-17)22-11-12-31(27(32)35-20-8-4-18(29)5-9-20)26(25(22)30-24)16-1-6-19(7-2-16)33-14-21-15-34-21/h2-11,18,24,31,35,39H,12-17,19-20H2,1H3;5-10,16,19,27,30H,3-4,11-15,17-18H2,1-2H3;1,6-11,16,19,27,30H,4-5,12-15,17-18H2,2H3;1-10,13,21,26,30H,11-12,14-15H2. The number of aliphatic hydroxyl groups excluding tert-OH is 1. The van der Waals surface area contributed by atoms with Gasteiger partial charge in [0.1, 0.15) is 96.5 Å². The Kier molecular flexibility index (Phi) is 33.6. The quantitative estimate of drug-likeness (QED) is 0.0214. The Balaban J connectivity index is 0.000000124. The van der Waals surface area contributed by atoms with Gasteiger partial charge in [-0.05, 0) is 300 Å². The van der Waals surface area contributed by atoms with Gasteiger partial charge in [0.2, 0.25) is 0 Å². The predicted octanol–water partition coefficient (Wildman–Crippen LogP) is 22.0. The van der Waals surface area contributed by atoms with E-state index in [4.69, 9.17) is 112 Å². The molecule has 14 aromatic rings. The van der Waals surface area contributed by atoms with Gasteiger partial charge in [0, 0.05) is 182 Å². The number of epoxide rings is 1. The van der Waals surface area contributed by atoms with E-state index in [9.17, 15) is 28.7 Å². The molecule has 10 aromatic carbocycles. The summed E-state index contributed by atoms with van der Waals surface area (Å²) in [5, 5.41) is 18.2. The maximum atomic E-state index is 13.5. The fourth-order valence-electron chi connectivity index (χ4n) is 21.2. The Morgan fingerprint density at radius 1 is 0.412 bits per heavy atom. The van der Waals surface area contributed by atoms with Crippen LogP contribution in [0.15, 0.2) is 218 Å². The highest BCUT2D eigenvalue weighted by Gasteiger charge is 2.42. The lowest BCUT2D eigenvalue weighted by Gasteiger charge is -2.35. The minimum atomic E-state index is -0.578. The number of β-amino-alcohol motifs (C(OH)–C–C–N with tert-alkyl or cyclic N) is 1. The number of methoxy groups -OCH3 is 1. The summed E-state index contributed by atoms with van der Waals surface area (Å²) < 4.78 is 69.8. The van der Waals surface area contributed by atoms with Crippen LogP contribution in [0.25, 0.3) is 43.6 Å². The highest BCUT2D eigenvalue weighted by molar-refractivity contribution is 6.32. The van der Waals surface area contributed by atoms with E-state index in [1.165, 1.54) is 67.6 Å². The van der Waals surface area contributed by atoms with Gasteiger partial charge in [-0.25, -0.2) is 23.6 Å². The number of likely N-dealkylation sites (N-methyl/N-ethyl adjacent to an activating group) is 1. The van der Waals surface area contributed by atoms with Crippen LogP contribution in [0.4, 0.5) is 23.6 Å². The van der Waals surface area contributed by atoms with Crippen LogP contribution in [-0.2, 0) is 44.6 Å². The van der Waals surface area contributed by atoms with Crippen molar-refractivity contribution < 1.29 is 76.0 Å². The van der Waals surface area contributed by atoms with Crippen molar-refractivity contribution in [2.45, 2.75) is 87.7 Å². The third kappa shape index (κ3) is 25.0. The third-order valence-electron chi connectivity index (χ3n) is 28.7. The molecule has 27 nitrogen and oxygen atoms in total. The minimum Gasteiger partial charge on any atom is -0.493 e. The molecule has 0 aliphatic carbocycles. The number of aromatic nitrogens is 4. The number of piperidine rings is 2. The van der Waals surface area contributed by atoms with Crippen molar-refractivity contribution in [3.05, 3.63) is 317 Å². The summed E-state index contributed by atoms with van der Waals surface area (Å²) in [7, 11) is 8.04. The van der Waals surface area contributed by atoms with Gasteiger partial charge >= 0.3 is 24.4 Å². The molecule has 0 spiro atoms. The maximum Gasteiger partial charge on any atom is 0.416 e. The van der Waals surface area contributed by atoms with E-state index in [2.05, 4.69) is 78.7 Å². The number of likely N-dealkylation sites (tertiary alicyclic amines) is 2. The highest BCUT2D eigenvalue weighted by atomic mass is 35.5. The number of rotatable bonds is 24. The average molecular weight is 2110 g/mol. The van der Waals surface area contributed by atoms with Gasteiger partial charge < -0.3 is 87.1 Å². The number of carbonyl (C=O) groups is 4. The van der Waals surface area contributed by atoms with Crippen molar-refractivity contribution >= 4 is 126 Å². The number of H-pyrrole nitrogens is 4. The Hall–Kier alpha value is -12.7. The number of carbonyl (C=O) groups excluding carboxylic acids is 4. The van der Waals surface area contributed by atoms with Crippen molar-refractivity contribution in [2.75, 3.05) is 166 Å². The third-order valence-corrected chi connectivity index (χ3v) is 29.9. The Labute approximate surface area is 884 Å². The first kappa shape index (κ1) is 104. The summed E-state index contributed by atoms with van der Waals surface area (Å²) in [5.74, 6) is 6.89. The Morgan fingerprint density at radius 3 is 1.11 bits per heavy atom. The van der Waals surface area contributed by atoms with Crippen LogP contribution in [0, 0.1) is 30.0 Å². The number of piperazine rings is 1. The van der Waals surface area contributed by atoms with Crippen LogP contribution in [-0.4, -0.2) is 267 Å². The number of nitrogens with zero attached hydrogens (tertiary/aromatic N) is 8. The van der Waals surface area contributed by atoms with Crippen molar-refractivity contribution in [3.8, 4) is 46.8 Å². The first-order valence-corrected chi connectivity index (χ1v) is 52.3. The molecule has 0 bridgehead atoms. The van der Waals surface area contributed by atoms with Crippen molar-refractivity contribution in [3.63, 3.8) is 0 Å². The Morgan fingerprint density at radius 2 is 0.750 bits per heavy atom. The second kappa shape index (κ2) is 47.9. The lowest BCUT2D eigenvalue weighted by atomic mass is 9.92. The van der Waals surface area contributed by atoms with E-state index < -0.39 is 42.3 Å². The molecule has 8 unspecified atom stereocenters. The van der Waals surface area contributed by atoms with Crippen LogP contribution in [0.1, 0.15) is 117 Å². The number of halogens is 6. The number of hydrogen-bond donors (Lipinski definition) is 5. The molecule has 4 aromatic heterocycles. The first-order chi connectivity index (χ1) is 71.9. The molecule has 4 fully saturated rings. The number of nitrogens with one attached hydrogen (secondary N) is 4. The molecule has 148 heavy (non-hydrogen) atoms. The smallest absolute Gasteiger partial charge is 0.416 e.